The number of aliphatic imine (C=N–C) groups is 1. The van der Waals surface area contributed by atoms with Crippen molar-refractivity contribution in [3.8, 4) is 0 Å². The summed E-state index contributed by atoms with van der Waals surface area (Å²) >= 11 is 0. The summed E-state index contributed by atoms with van der Waals surface area (Å²) in [5.41, 5.74) is 6.07. The fourth-order valence-electron chi connectivity index (χ4n) is 1.06. The third-order valence-corrected chi connectivity index (χ3v) is 1.73. The molecule has 1 aromatic rings. The van der Waals surface area contributed by atoms with Crippen molar-refractivity contribution < 1.29 is 15.0 Å². The van der Waals surface area contributed by atoms with Gasteiger partial charge in [-0.2, -0.15) is 4.99 Å². The number of carbonyl (C=O) groups is 1. The van der Waals surface area contributed by atoms with Crippen LogP contribution in [0, 0.1) is 0 Å². The minimum atomic E-state index is -1.94. The SMILES string of the molecule is NC(=NC(O)O)NC(=O)/C=C/c1ccccc1. The topological polar surface area (TPSA) is 108 Å². The summed E-state index contributed by atoms with van der Waals surface area (Å²) in [6, 6.07) is 9.22. The highest BCUT2D eigenvalue weighted by Crippen LogP contribution is 2.00. The van der Waals surface area contributed by atoms with Gasteiger partial charge in [-0.3, -0.25) is 10.1 Å². The molecule has 0 aromatic heterocycles. The van der Waals surface area contributed by atoms with Crippen molar-refractivity contribution in [3.63, 3.8) is 0 Å². The van der Waals surface area contributed by atoms with E-state index in [0.29, 0.717) is 0 Å². The molecule has 0 saturated carbocycles. The van der Waals surface area contributed by atoms with E-state index >= 15 is 0 Å². The van der Waals surface area contributed by atoms with Gasteiger partial charge >= 0.3 is 0 Å². The molecule has 17 heavy (non-hydrogen) atoms. The molecule has 0 fully saturated rings. The number of aliphatic hydroxyl groups is 2. The molecule has 6 heteroatoms. The number of nitrogens with two attached hydrogens (primary N) is 1. The van der Waals surface area contributed by atoms with Crippen molar-refractivity contribution in [1.29, 1.82) is 0 Å². The number of benzene rings is 1. The van der Waals surface area contributed by atoms with Crippen LogP contribution in [0.4, 0.5) is 0 Å². The Morgan fingerprint density at radius 1 is 1.35 bits per heavy atom. The van der Waals surface area contributed by atoms with E-state index in [-0.39, 0.29) is 5.96 Å². The van der Waals surface area contributed by atoms with Gasteiger partial charge in [-0.25, -0.2) is 0 Å². The molecular weight excluding hydrogens is 222 g/mol. The lowest BCUT2D eigenvalue weighted by molar-refractivity contribution is -0.115. The van der Waals surface area contributed by atoms with Crippen LogP contribution in [-0.4, -0.2) is 28.5 Å². The average Bonchev–Trinajstić information content (AvgIpc) is 2.26. The Bertz CT molecular complexity index is 427. The van der Waals surface area contributed by atoms with Gasteiger partial charge in [-0.1, -0.05) is 30.3 Å². The lowest BCUT2D eigenvalue weighted by Gasteiger charge is -2.01. The summed E-state index contributed by atoms with van der Waals surface area (Å²) in [5.74, 6) is -0.863. The molecule has 0 heterocycles. The highest BCUT2D eigenvalue weighted by Gasteiger charge is 2.00. The molecule has 0 aliphatic rings. The second kappa shape index (κ2) is 6.41. The molecule has 0 aliphatic carbocycles. The second-order valence-electron chi connectivity index (χ2n) is 3.09. The number of hydrogen-bond acceptors (Lipinski definition) is 4. The first-order chi connectivity index (χ1) is 8.08. The summed E-state index contributed by atoms with van der Waals surface area (Å²) in [4.78, 5) is 14.4. The molecule has 1 aromatic carbocycles. The summed E-state index contributed by atoms with van der Waals surface area (Å²) in [7, 11) is 0. The van der Waals surface area contributed by atoms with Gasteiger partial charge < -0.3 is 15.9 Å². The highest BCUT2D eigenvalue weighted by atomic mass is 16.5. The van der Waals surface area contributed by atoms with E-state index < -0.39 is 12.3 Å². The van der Waals surface area contributed by atoms with Gasteiger partial charge in [-0.15, -0.1) is 0 Å². The molecular formula is C11H13N3O3. The number of nitrogens with one attached hydrogen (secondary N) is 1. The van der Waals surface area contributed by atoms with Crippen LogP contribution in [0.3, 0.4) is 0 Å². The predicted octanol–water partition coefficient (Wildman–Crippen LogP) is -0.601. The Balaban J connectivity index is 2.53. The Hall–Kier alpha value is -2.18. The zero-order valence-corrected chi connectivity index (χ0v) is 8.95. The number of amides is 1. The van der Waals surface area contributed by atoms with Crippen LogP contribution in [0.2, 0.25) is 0 Å². The van der Waals surface area contributed by atoms with Crippen molar-refractivity contribution in [3.05, 3.63) is 42.0 Å². The van der Waals surface area contributed by atoms with Crippen molar-refractivity contribution in [1.82, 2.24) is 5.32 Å². The number of aliphatic hydroxyl groups excluding tert-OH is 1. The fourth-order valence-corrected chi connectivity index (χ4v) is 1.06. The maximum absolute atomic E-state index is 11.3. The van der Waals surface area contributed by atoms with Crippen molar-refractivity contribution >= 4 is 17.9 Å². The smallest absolute Gasteiger partial charge is 0.256 e. The van der Waals surface area contributed by atoms with Gasteiger partial charge in [0.2, 0.25) is 0 Å². The van der Waals surface area contributed by atoms with Gasteiger partial charge in [0.05, 0.1) is 0 Å². The van der Waals surface area contributed by atoms with E-state index in [1.807, 2.05) is 30.3 Å². The molecule has 90 valence electrons. The normalized spacial score (nSPS) is 12.1. The monoisotopic (exact) mass is 235 g/mol. The molecule has 0 radical (unpaired) electrons. The van der Waals surface area contributed by atoms with Crippen LogP contribution in [-0.2, 0) is 4.79 Å². The van der Waals surface area contributed by atoms with E-state index in [1.54, 1.807) is 6.08 Å². The molecule has 0 aliphatic heterocycles. The van der Waals surface area contributed by atoms with E-state index in [4.69, 9.17) is 15.9 Å². The molecule has 5 N–H and O–H groups in total. The summed E-state index contributed by atoms with van der Waals surface area (Å²) in [6.45, 7) is 0. The van der Waals surface area contributed by atoms with Crippen LogP contribution >= 0.6 is 0 Å². The van der Waals surface area contributed by atoms with Gasteiger partial charge in [0.25, 0.3) is 12.3 Å². The maximum Gasteiger partial charge on any atom is 0.256 e. The van der Waals surface area contributed by atoms with Crippen molar-refractivity contribution in [2.75, 3.05) is 0 Å². The lowest BCUT2D eigenvalue weighted by atomic mass is 10.2. The number of rotatable bonds is 3. The molecule has 0 unspecified atom stereocenters. The van der Waals surface area contributed by atoms with Crippen LogP contribution in [0.15, 0.2) is 41.4 Å². The third kappa shape index (κ3) is 5.45. The van der Waals surface area contributed by atoms with Gasteiger partial charge in [0.1, 0.15) is 0 Å². The molecule has 0 atom stereocenters. The first kappa shape index (κ1) is 12.9. The standard InChI is InChI=1S/C11H13N3O3/c12-10(14-11(16)17)13-9(15)7-6-8-4-2-1-3-5-8/h1-7,11,16-17H,(H3,12,13,14,15)/b7-6+. The number of carbonyl (C=O) groups excluding carboxylic acids is 1. The molecule has 0 spiro atoms. The number of guanidine groups is 1. The van der Waals surface area contributed by atoms with Crippen LogP contribution < -0.4 is 11.1 Å². The van der Waals surface area contributed by atoms with Gasteiger partial charge in [-0.05, 0) is 11.6 Å². The Kier molecular flexibility index (Phi) is 4.86. The minimum absolute atomic E-state index is 0.359. The Labute approximate surface area is 98.1 Å². The van der Waals surface area contributed by atoms with E-state index in [9.17, 15) is 4.79 Å². The predicted molar refractivity (Wildman–Crippen MR) is 63.5 cm³/mol. The summed E-state index contributed by atoms with van der Waals surface area (Å²) in [6.07, 6.45) is 0.924. The third-order valence-electron chi connectivity index (χ3n) is 1.73. The zero-order chi connectivity index (χ0) is 12.7. The molecule has 1 amide bonds. The molecule has 0 bridgehead atoms. The molecule has 6 nitrogen and oxygen atoms in total. The van der Waals surface area contributed by atoms with Crippen LogP contribution in [0.25, 0.3) is 6.08 Å². The van der Waals surface area contributed by atoms with Gasteiger partial charge in [0.15, 0.2) is 5.96 Å². The quantitative estimate of drug-likeness (QED) is 0.243. The highest BCUT2D eigenvalue weighted by molar-refractivity contribution is 6.03. The first-order valence-corrected chi connectivity index (χ1v) is 4.81. The second-order valence-corrected chi connectivity index (χ2v) is 3.09. The van der Waals surface area contributed by atoms with Crippen LogP contribution in [0.5, 0.6) is 0 Å². The number of nitrogens with zero attached hydrogens (tertiary/aromatic N) is 1. The maximum atomic E-state index is 11.3. The summed E-state index contributed by atoms with van der Waals surface area (Å²) in [5, 5.41) is 19.1. The van der Waals surface area contributed by atoms with Crippen molar-refractivity contribution in [2.45, 2.75) is 6.41 Å². The molecule has 1 rings (SSSR count). The average molecular weight is 235 g/mol. The number of hydrogen-bond donors (Lipinski definition) is 4. The largest absolute Gasteiger partial charge is 0.369 e. The minimum Gasteiger partial charge on any atom is -0.369 e. The molecule has 0 saturated heterocycles. The fraction of sp³-hybridized carbons (Fsp3) is 0.0909. The van der Waals surface area contributed by atoms with Crippen molar-refractivity contribution in [2.24, 2.45) is 10.7 Å². The Morgan fingerprint density at radius 3 is 2.59 bits per heavy atom. The van der Waals surface area contributed by atoms with Crippen LogP contribution in [0.1, 0.15) is 5.56 Å². The van der Waals surface area contributed by atoms with E-state index in [0.717, 1.165) is 5.56 Å². The lowest BCUT2D eigenvalue weighted by Crippen LogP contribution is -2.36. The summed E-state index contributed by atoms with van der Waals surface area (Å²) < 4.78 is 0. The first-order valence-electron chi connectivity index (χ1n) is 4.81. The van der Waals surface area contributed by atoms with E-state index in [2.05, 4.69) is 10.3 Å². The zero-order valence-electron chi connectivity index (χ0n) is 8.95. The van der Waals surface area contributed by atoms with Gasteiger partial charge in [0, 0.05) is 6.08 Å². The Morgan fingerprint density at radius 2 is 2.00 bits per heavy atom. The van der Waals surface area contributed by atoms with E-state index in [1.165, 1.54) is 6.08 Å².